The average Bonchev–Trinajstić information content (AvgIpc) is 3.20. The van der Waals surface area contributed by atoms with Crippen LogP contribution in [-0.2, 0) is 9.59 Å². The third-order valence-corrected chi connectivity index (χ3v) is 6.19. The predicted octanol–water partition coefficient (Wildman–Crippen LogP) is 4.46. The van der Waals surface area contributed by atoms with E-state index in [2.05, 4.69) is 5.32 Å². The Bertz CT molecular complexity index is 682. The molecule has 1 saturated carbocycles. The maximum Gasteiger partial charge on any atom is 0.227 e. The van der Waals surface area contributed by atoms with Gasteiger partial charge < -0.3 is 10.2 Å². The van der Waals surface area contributed by atoms with Crippen LogP contribution in [0.3, 0.4) is 0 Å². The topological polar surface area (TPSA) is 49.4 Å². The largest absolute Gasteiger partial charge is 0.349 e. The number of halogens is 1. The second kappa shape index (κ2) is 8.62. The van der Waals surface area contributed by atoms with Crippen molar-refractivity contribution in [3.63, 3.8) is 0 Å². The van der Waals surface area contributed by atoms with Crippen LogP contribution >= 0.6 is 0 Å². The lowest BCUT2D eigenvalue weighted by Crippen LogP contribution is -2.47. The molecule has 1 aromatic carbocycles. The molecule has 0 radical (unpaired) electrons. The number of piperidine rings is 1. The molecule has 4 nitrogen and oxygen atoms in total. The number of likely N-dealkylation sites (tertiary alicyclic amines) is 1. The molecule has 2 fully saturated rings. The van der Waals surface area contributed by atoms with Gasteiger partial charge in [-0.3, -0.25) is 9.59 Å². The Morgan fingerprint density at radius 2 is 1.61 bits per heavy atom. The standard InChI is InChI=1S/C23H33FN2O2/c1-23(2,3)22(28)26-14-12-18(13-15-26)21(27)25-20(16-6-4-5-7-16)17-8-10-19(24)11-9-17/h8-11,16,18,20H,4-7,12-15H2,1-3H3,(H,25,27). The van der Waals surface area contributed by atoms with Crippen LogP contribution in [-0.4, -0.2) is 29.8 Å². The third-order valence-electron chi connectivity index (χ3n) is 6.19. The molecular weight excluding hydrogens is 355 g/mol. The molecule has 0 aromatic heterocycles. The molecule has 28 heavy (non-hydrogen) atoms. The molecule has 1 N–H and O–H groups in total. The molecular formula is C23H33FN2O2. The third kappa shape index (κ3) is 4.92. The van der Waals surface area contributed by atoms with Crippen molar-refractivity contribution in [2.24, 2.45) is 17.3 Å². The second-order valence-electron chi connectivity index (χ2n) is 9.40. The molecule has 5 heteroatoms. The summed E-state index contributed by atoms with van der Waals surface area (Å²) in [5.74, 6) is 0.326. The average molecular weight is 389 g/mol. The molecule has 0 bridgehead atoms. The number of nitrogens with zero attached hydrogens (tertiary/aromatic N) is 1. The van der Waals surface area contributed by atoms with Crippen LogP contribution < -0.4 is 5.32 Å². The minimum absolute atomic E-state index is 0.0511. The van der Waals surface area contributed by atoms with Crippen molar-refractivity contribution < 1.29 is 14.0 Å². The number of nitrogens with one attached hydrogen (secondary N) is 1. The van der Waals surface area contributed by atoms with Gasteiger partial charge >= 0.3 is 0 Å². The quantitative estimate of drug-likeness (QED) is 0.828. The van der Waals surface area contributed by atoms with Crippen molar-refractivity contribution in [2.75, 3.05) is 13.1 Å². The Morgan fingerprint density at radius 3 is 2.14 bits per heavy atom. The van der Waals surface area contributed by atoms with Gasteiger partial charge in [-0.2, -0.15) is 0 Å². The number of hydrogen-bond donors (Lipinski definition) is 1. The van der Waals surface area contributed by atoms with Crippen LogP contribution in [0.25, 0.3) is 0 Å². The van der Waals surface area contributed by atoms with Crippen molar-refractivity contribution in [1.29, 1.82) is 0 Å². The Hall–Kier alpha value is -1.91. The summed E-state index contributed by atoms with van der Waals surface area (Å²) in [5.41, 5.74) is 0.604. The molecule has 1 unspecified atom stereocenters. The van der Waals surface area contributed by atoms with Crippen LogP contribution in [0.5, 0.6) is 0 Å². The fraction of sp³-hybridized carbons (Fsp3) is 0.652. The van der Waals surface area contributed by atoms with Gasteiger partial charge in [0, 0.05) is 24.4 Å². The lowest BCUT2D eigenvalue weighted by molar-refractivity contribution is -0.142. The number of rotatable bonds is 4. The first-order chi connectivity index (χ1) is 13.3. The summed E-state index contributed by atoms with van der Waals surface area (Å²) in [5, 5.41) is 3.27. The van der Waals surface area contributed by atoms with E-state index in [1.54, 1.807) is 12.1 Å². The van der Waals surface area contributed by atoms with Crippen LogP contribution in [0.15, 0.2) is 24.3 Å². The van der Waals surface area contributed by atoms with E-state index in [0.717, 1.165) is 18.4 Å². The highest BCUT2D eigenvalue weighted by atomic mass is 19.1. The summed E-state index contributed by atoms with van der Waals surface area (Å²) in [6, 6.07) is 6.48. The normalized spacial score (nSPS) is 20.2. The zero-order chi connectivity index (χ0) is 20.3. The van der Waals surface area contributed by atoms with E-state index >= 15 is 0 Å². The summed E-state index contributed by atoms with van der Waals surface area (Å²) < 4.78 is 13.3. The first-order valence-corrected chi connectivity index (χ1v) is 10.6. The van der Waals surface area contributed by atoms with Crippen molar-refractivity contribution in [3.05, 3.63) is 35.6 Å². The van der Waals surface area contributed by atoms with E-state index in [4.69, 9.17) is 0 Å². The first kappa shape index (κ1) is 20.8. The molecule has 2 amide bonds. The van der Waals surface area contributed by atoms with Gasteiger partial charge in [-0.05, 0) is 49.3 Å². The summed E-state index contributed by atoms with van der Waals surface area (Å²) in [7, 11) is 0. The van der Waals surface area contributed by atoms with Crippen LogP contribution in [0.4, 0.5) is 4.39 Å². The molecule has 1 heterocycles. The second-order valence-corrected chi connectivity index (χ2v) is 9.40. The van der Waals surface area contributed by atoms with Gasteiger partial charge in [-0.1, -0.05) is 45.7 Å². The van der Waals surface area contributed by atoms with Crippen LogP contribution in [0.1, 0.15) is 70.9 Å². The molecule has 1 atom stereocenters. The van der Waals surface area contributed by atoms with Gasteiger partial charge in [0.2, 0.25) is 11.8 Å². The number of hydrogen-bond acceptors (Lipinski definition) is 2. The summed E-state index contributed by atoms with van der Waals surface area (Å²) in [6.07, 6.45) is 5.97. The van der Waals surface area contributed by atoms with E-state index < -0.39 is 0 Å². The lowest BCUT2D eigenvalue weighted by atomic mass is 9.88. The summed E-state index contributed by atoms with van der Waals surface area (Å²) in [4.78, 5) is 27.3. The minimum Gasteiger partial charge on any atom is -0.349 e. The molecule has 154 valence electrons. The lowest BCUT2D eigenvalue weighted by Gasteiger charge is -2.36. The Labute approximate surface area is 167 Å². The smallest absolute Gasteiger partial charge is 0.227 e. The molecule has 3 rings (SSSR count). The maximum atomic E-state index is 13.3. The monoisotopic (exact) mass is 388 g/mol. The van der Waals surface area contributed by atoms with Crippen molar-refractivity contribution in [1.82, 2.24) is 10.2 Å². The number of benzene rings is 1. The number of carbonyl (C=O) groups is 2. The summed E-state index contributed by atoms with van der Waals surface area (Å²) >= 11 is 0. The summed E-state index contributed by atoms with van der Waals surface area (Å²) in [6.45, 7) is 7.08. The highest BCUT2D eigenvalue weighted by molar-refractivity contribution is 5.83. The zero-order valence-corrected chi connectivity index (χ0v) is 17.3. The zero-order valence-electron chi connectivity index (χ0n) is 17.3. The molecule has 1 aliphatic carbocycles. The van der Waals surface area contributed by atoms with Crippen molar-refractivity contribution in [3.8, 4) is 0 Å². The molecule has 2 aliphatic rings. The highest BCUT2D eigenvalue weighted by Crippen LogP contribution is 2.36. The van der Waals surface area contributed by atoms with Crippen molar-refractivity contribution in [2.45, 2.75) is 65.3 Å². The SMILES string of the molecule is CC(C)(C)C(=O)N1CCC(C(=O)NC(c2ccc(F)cc2)C2CCCC2)CC1. The fourth-order valence-electron chi connectivity index (χ4n) is 4.52. The van der Waals surface area contributed by atoms with Gasteiger partial charge in [0.15, 0.2) is 0 Å². The maximum absolute atomic E-state index is 13.3. The number of amides is 2. The van der Waals surface area contributed by atoms with E-state index in [0.29, 0.717) is 31.8 Å². The van der Waals surface area contributed by atoms with E-state index in [1.807, 2.05) is 25.7 Å². The molecule has 1 saturated heterocycles. The van der Waals surface area contributed by atoms with E-state index in [9.17, 15) is 14.0 Å². The van der Waals surface area contributed by atoms with Crippen LogP contribution in [0, 0.1) is 23.1 Å². The van der Waals surface area contributed by atoms with E-state index in [-0.39, 0.29) is 35.0 Å². The number of carbonyl (C=O) groups excluding carboxylic acids is 2. The van der Waals surface area contributed by atoms with Crippen molar-refractivity contribution >= 4 is 11.8 Å². The Balaban J connectivity index is 1.63. The Kier molecular flexibility index (Phi) is 6.41. The molecule has 1 aromatic rings. The van der Waals surface area contributed by atoms with E-state index in [1.165, 1.54) is 25.0 Å². The van der Waals surface area contributed by atoms with Gasteiger partial charge in [-0.15, -0.1) is 0 Å². The van der Waals surface area contributed by atoms with Gasteiger partial charge in [0.05, 0.1) is 6.04 Å². The van der Waals surface area contributed by atoms with Gasteiger partial charge in [-0.25, -0.2) is 4.39 Å². The molecule has 0 spiro atoms. The molecule has 1 aliphatic heterocycles. The van der Waals surface area contributed by atoms with Crippen LogP contribution in [0.2, 0.25) is 0 Å². The van der Waals surface area contributed by atoms with Gasteiger partial charge in [0.1, 0.15) is 5.82 Å². The highest BCUT2D eigenvalue weighted by Gasteiger charge is 2.34. The Morgan fingerprint density at radius 1 is 1.04 bits per heavy atom. The fourth-order valence-corrected chi connectivity index (χ4v) is 4.52. The first-order valence-electron chi connectivity index (χ1n) is 10.6. The predicted molar refractivity (Wildman–Crippen MR) is 108 cm³/mol. The van der Waals surface area contributed by atoms with Gasteiger partial charge in [0.25, 0.3) is 0 Å². The minimum atomic E-state index is -0.384.